The minimum absolute atomic E-state index is 0. The first kappa shape index (κ1) is 41.7. The Bertz CT molecular complexity index is 1530. The largest absolute Gasteiger partial charge is 2.00 e. The second-order valence-electron chi connectivity index (χ2n) is 14.7. The zero-order valence-electron chi connectivity index (χ0n) is 30.5. The van der Waals surface area contributed by atoms with Gasteiger partial charge in [0.05, 0.1) is 6.42 Å². The van der Waals surface area contributed by atoms with Crippen molar-refractivity contribution in [3.8, 4) is 0 Å². The molecule has 4 aromatic rings. The van der Waals surface area contributed by atoms with E-state index in [1.54, 1.807) is 0 Å². The molecule has 0 aromatic heterocycles. The summed E-state index contributed by atoms with van der Waals surface area (Å²) in [6.07, 6.45) is 2.19. The Morgan fingerprint density at radius 1 is 0.480 bits per heavy atom. The molecule has 268 valence electrons. The van der Waals surface area contributed by atoms with E-state index < -0.39 is 11.2 Å². The molecule has 0 fully saturated rings. The summed E-state index contributed by atoms with van der Waals surface area (Å²) < 4.78 is 14.4. The smallest absolute Gasteiger partial charge is 1.00 e. The van der Waals surface area contributed by atoms with E-state index in [1.807, 2.05) is 0 Å². The van der Waals surface area contributed by atoms with Crippen molar-refractivity contribution in [2.75, 3.05) is 0 Å². The van der Waals surface area contributed by atoms with Gasteiger partial charge in [0.1, 0.15) is 12.1 Å². The number of hydrogen-bond acceptors (Lipinski definition) is 4. The molecule has 4 aromatic carbocycles. The summed E-state index contributed by atoms with van der Waals surface area (Å²) >= 11 is 0. The molecular weight excluding hydrogens is 795 g/mol. The van der Waals surface area contributed by atoms with Crippen LogP contribution in [0.1, 0.15) is 91.5 Å². The van der Waals surface area contributed by atoms with E-state index in [9.17, 15) is 0 Å². The van der Waals surface area contributed by atoms with Crippen LogP contribution in [-0.2, 0) is 37.2 Å². The van der Waals surface area contributed by atoms with Gasteiger partial charge in [-0.25, -0.2) is 9.98 Å². The average molecular weight is 845 g/mol. The Morgan fingerprint density at radius 2 is 0.720 bits per heavy atom. The Morgan fingerprint density at radius 3 is 0.940 bits per heavy atom. The zero-order valence-corrected chi connectivity index (χ0v) is 34.6. The van der Waals surface area contributed by atoms with Gasteiger partial charge in [-0.05, 0) is 52.4 Å². The van der Waals surface area contributed by atoms with Gasteiger partial charge in [-0.15, -0.1) is 0 Å². The first-order chi connectivity index (χ1) is 22.5. The van der Waals surface area contributed by atoms with E-state index >= 15 is 0 Å². The molecule has 0 unspecified atom stereocenters. The summed E-state index contributed by atoms with van der Waals surface area (Å²) in [5.41, 5.74) is 7.91. The van der Waals surface area contributed by atoms with Gasteiger partial charge >= 0.3 is 16.5 Å². The minimum Gasteiger partial charge on any atom is -1.00 e. The molecule has 2 atom stereocenters. The van der Waals surface area contributed by atoms with Gasteiger partial charge in [0.2, 0.25) is 0 Å². The van der Waals surface area contributed by atoms with Crippen LogP contribution < -0.4 is 34.0 Å². The van der Waals surface area contributed by atoms with Gasteiger partial charge in [0.15, 0.2) is 23.0 Å². The van der Waals surface area contributed by atoms with Gasteiger partial charge in [-0.3, -0.25) is 0 Å². The first-order valence-electron chi connectivity index (χ1n) is 17.3. The molecule has 2 aliphatic rings. The summed E-state index contributed by atoms with van der Waals surface area (Å²) in [6, 6.07) is 34.9. The Labute approximate surface area is 331 Å². The van der Waals surface area contributed by atoms with Crippen molar-refractivity contribution in [2.24, 2.45) is 21.8 Å². The van der Waals surface area contributed by atoms with Crippen molar-refractivity contribution in [1.29, 1.82) is 0 Å². The minimum atomic E-state index is -0.734. The van der Waals surface area contributed by atoms with Crippen molar-refractivity contribution in [3.63, 3.8) is 0 Å². The summed E-state index contributed by atoms with van der Waals surface area (Å²) in [6.45, 7) is 17.6. The fourth-order valence-electron chi connectivity index (χ4n) is 7.26. The van der Waals surface area contributed by atoms with E-state index in [-0.39, 0.29) is 62.5 Å². The maximum absolute atomic E-state index is 7.19. The van der Waals surface area contributed by atoms with E-state index in [0.29, 0.717) is 30.1 Å². The maximum atomic E-state index is 7.19. The number of halogens is 2. The summed E-state index contributed by atoms with van der Waals surface area (Å²) in [5, 5.41) is 0. The third kappa shape index (κ3) is 8.32. The second kappa shape index (κ2) is 17.2. The second-order valence-corrected chi connectivity index (χ2v) is 14.7. The molecule has 7 heteroatoms. The maximum Gasteiger partial charge on any atom is 2.00 e. The van der Waals surface area contributed by atoms with Crippen LogP contribution in [0.15, 0.2) is 107 Å². The van der Waals surface area contributed by atoms with Crippen molar-refractivity contribution in [2.45, 2.75) is 97.9 Å². The molecule has 4 nitrogen and oxygen atoms in total. The number of aryl methyl sites for hydroxylation is 4. The molecule has 0 amide bonds. The monoisotopic (exact) mass is 842 g/mol. The number of rotatable bonds is 10. The fraction of sp³-hybridized carbons (Fsp3) is 0.395. The molecule has 0 radical (unpaired) electrons. The van der Waals surface area contributed by atoms with Crippen LogP contribution in [0.2, 0.25) is 0 Å². The predicted molar refractivity (Wildman–Crippen MR) is 194 cm³/mol. The quantitative estimate of drug-likeness (QED) is 0.225. The van der Waals surface area contributed by atoms with Crippen LogP contribution in [0.25, 0.3) is 0 Å². The van der Waals surface area contributed by atoms with Crippen LogP contribution in [0, 0.1) is 39.5 Å². The average Bonchev–Trinajstić information content (AvgIpc) is 3.56. The number of aliphatic imine (C=N–C) groups is 2. The fourth-order valence-corrected chi connectivity index (χ4v) is 7.26. The van der Waals surface area contributed by atoms with Crippen LogP contribution in [0.3, 0.4) is 0 Å². The Kier molecular flexibility index (Phi) is 14.3. The van der Waals surface area contributed by atoms with E-state index in [2.05, 4.69) is 152 Å². The van der Waals surface area contributed by atoms with Crippen molar-refractivity contribution >= 4 is 11.8 Å². The molecule has 0 bridgehead atoms. The van der Waals surface area contributed by atoms with Crippen molar-refractivity contribution in [1.82, 2.24) is 0 Å². The molecule has 2 heterocycles. The topological polar surface area (TPSA) is 43.2 Å². The summed E-state index contributed by atoms with van der Waals surface area (Å²) in [4.78, 5) is 10.8. The van der Waals surface area contributed by atoms with Gasteiger partial charge < -0.3 is 43.4 Å². The molecular formula is C43H50Br2N2NiO2. The number of benzene rings is 4. The van der Waals surface area contributed by atoms with E-state index in [4.69, 9.17) is 19.5 Å². The first-order valence-corrected chi connectivity index (χ1v) is 17.3. The Hall–Kier alpha value is -2.73. The van der Waals surface area contributed by atoms with E-state index in [0.717, 1.165) is 35.1 Å². The third-order valence-electron chi connectivity index (χ3n) is 9.71. The normalized spacial score (nSPS) is 18.6. The third-order valence-corrected chi connectivity index (χ3v) is 9.71. The standard InChI is InChI=1S/C43H50N2O2.2BrH.Ni/c1-28(2)25-38-42(34-17-9-30(5)10-18-34,35-19-11-31(6)12-20-35)46-40(44-38)27-41-45-39(26-29(3)4)43(47-41,36-21-13-32(7)14-22-36)37-23-15-33(8)16-24-37;;;/h9-24,28-29,38-39H,25-27H2,1-8H3;2*1H;/q;;;+2/p-2/t38-,39-;;;/m1.../s1. The molecule has 2 aliphatic heterocycles. The van der Waals surface area contributed by atoms with E-state index in [1.165, 1.54) is 22.3 Å². The predicted octanol–water partition coefficient (Wildman–Crippen LogP) is 4.19. The van der Waals surface area contributed by atoms with Crippen LogP contribution in [0.5, 0.6) is 0 Å². The van der Waals surface area contributed by atoms with Gasteiger partial charge in [0.25, 0.3) is 0 Å². The molecule has 0 N–H and O–H groups in total. The van der Waals surface area contributed by atoms with Crippen LogP contribution in [0.4, 0.5) is 0 Å². The van der Waals surface area contributed by atoms with Crippen molar-refractivity contribution < 1.29 is 59.9 Å². The van der Waals surface area contributed by atoms with Gasteiger partial charge in [0, 0.05) is 22.3 Å². The number of hydrogen-bond donors (Lipinski definition) is 0. The van der Waals surface area contributed by atoms with Gasteiger partial charge in [-0.2, -0.15) is 0 Å². The van der Waals surface area contributed by atoms with Crippen LogP contribution in [-0.4, -0.2) is 23.9 Å². The molecule has 50 heavy (non-hydrogen) atoms. The molecule has 0 saturated heterocycles. The molecule has 0 saturated carbocycles. The summed E-state index contributed by atoms with van der Waals surface area (Å²) in [7, 11) is 0. The molecule has 0 spiro atoms. The van der Waals surface area contributed by atoms with Crippen molar-refractivity contribution in [3.05, 3.63) is 142 Å². The number of nitrogens with zero attached hydrogens (tertiary/aromatic N) is 2. The SMILES string of the molecule is Cc1ccc(C2(c3ccc(C)cc3)OC(CC3=N[C@H](CC(C)C)C(c4ccc(C)cc4)(c4ccc(C)cc4)O3)=N[C@@H]2CC(C)C)cc1.[Br-].[Br-].[Ni+2]. The zero-order chi connectivity index (χ0) is 33.3. The molecule has 0 aliphatic carbocycles. The van der Waals surface area contributed by atoms with Crippen LogP contribution >= 0.6 is 0 Å². The Balaban J connectivity index is 0.00000225. The van der Waals surface area contributed by atoms with Gasteiger partial charge in [-0.1, -0.05) is 147 Å². The number of ether oxygens (including phenoxy) is 2. The summed E-state index contributed by atoms with van der Waals surface area (Å²) in [5.74, 6) is 2.24. The molecule has 6 rings (SSSR count).